The summed E-state index contributed by atoms with van der Waals surface area (Å²) in [7, 11) is 4.02. The lowest BCUT2D eigenvalue weighted by atomic mass is 10.1. The van der Waals surface area contributed by atoms with Crippen molar-refractivity contribution in [2.75, 3.05) is 27.2 Å². The van der Waals surface area contributed by atoms with Crippen LogP contribution in [0.5, 0.6) is 0 Å². The first kappa shape index (κ1) is 20.5. The summed E-state index contributed by atoms with van der Waals surface area (Å²) >= 11 is 5.89. The number of guanidine groups is 1. The van der Waals surface area contributed by atoms with E-state index in [0.717, 1.165) is 36.5 Å². The summed E-state index contributed by atoms with van der Waals surface area (Å²) in [5.41, 5.74) is 1.27. The molecule has 1 aromatic carbocycles. The van der Waals surface area contributed by atoms with E-state index in [9.17, 15) is 0 Å². The average Bonchev–Trinajstić information content (AvgIpc) is 3.36. The van der Waals surface area contributed by atoms with Crippen LogP contribution in [0.15, 0.2) is 29.3 Å². The second-order valence-corrected chi connectivity index (χ2v) is 6.44. The molecular weight excluding hydrogens is 423 g/mol. The largest absolute Gasteiger partial charge is 0.356 e. The van der Waals surface area contributed by atoms with E-state index in [1.165, 1.54) is 18.4 Å². The van der Waals surface area contributed by atoms with E-state index >= 15 is 0 Å². The number of hydrogen-bond donors (Lipinski definition) is 2. The van der Waals surface area contributed by atoms with Crippen LogP contribution in [-0.2, 0) is 6.42 Å². The molecule has 0 aliphatic heterocycles. The predicted octanol–water partition coefficient (Wildman–Crippen LogP) is 3.15. The number of halogens is 2. The Balaban J connectivity index is 0.00000264. The first-order chi connectivity index (χ1) is 10.6. The van der Waals surface area contributed by atoms with Crippen molar-refractivity contribution < 1.29 is 0 Å². The van der Waals surface area contributed by atoms with E-state index in [-0.39, 0.29) is 24.0 Å². The Labute approximate surface area is 162 Å². The molecule has 4 nitrogen and oxygen atoms in total. The maximum absolute atomic E-state index is 5.89. The van der Waals surface area contributed by atoms with Crippen molar-refractivity contribution in [2.45, 2.75) is 38.3 Å². The Morgan fingerprint density at radius 2 is 1.96 bits per heavy atom. The highest BCUT2D eigenvalue weighted by molar-refractivity contribution is 14.0. The standard InChI is InChI=1S/C17H27ClN4.HI/c1-13(22(3)16-8-9-16)12-21-17(19-2)20-11-10-14-4-6-15(18)7-5-14;/h4-7,13,16H,8-12H2,1-3H3,(H2,19,20,21);1H. The van der Waals surface area contributed by atoms with Gasteiger partial charge < -0.3 is 10.6 Å². The Morgan fingerprint density at radius 1 is 1.30 bits per heavy atom. The van der Waals surface area contributed by atoms with Crippen LogP contribution in [0.25, 0.3) is 0 Å². The molecule has 130 valence electrons. The van der Waals surface area contributed by atoms with Gasteiger partial charge in [-0.25, -0.2) is 0 Å². The maximum atomic E-state index is 5.89. The van der Waals surface area contributed by atoms with Crippen LogP contribution < -0.4 is 10.6 Å². The predicted molar refractivity (Wildman–Crippen MR) is 110 cm³/mol. The summed E-state index contributed by atoms with van der Waals surface area (Å²) in [5, 5.41) is 7.54. The van der Waals surface area contributed by atoms with Gasteiger partial charge in [0.1, 0.15) is 0 Å². The average molecular weight is 451 g/mol. The molecule has 1 unspecified atom stereocenters. The van der Waals surface area contributed by atoms with Crippen LogP contribution in [0, 0.1) is 0 Å². The van der Waals surface area contributed by atoms with Crippen molar-refractivity contribution in [1.82, 2.24) is 15.5 Å². The maximum Gasteiger partial charge on any atom is 0.191 e. The van der Waals surface area contributed by atoms with Gasteiger partial charge in [-0.15, -0.1) is 24.0 Å². The summed E-state index contributed by atoms with van der Waals surface area (Å²) < 4.78 is 0. The third-order valence-electron chi connectivity index (χ3n) is 4.23. The monoisotopic (exact) mass is 450 g/mol. The van der Waals surface area contributed by atoms with Crippen molar-refractivity contribution in [1.29, 1.82) is 0 Å². The molecule has 23 heavy (non-hydrogen) atoms. The smallest absolute Gasteiger partial charge is 0.191 e. The van der Waals surface area contributed by atoms with Gasteiger partial charge >= 0.3 is 0 Å². The van der Waals surface area contributed by atoms with Gasteiger partial charge in [0.25, 0.3) is 0 Å². The zero-order chi connectivity index (χ0) is 15.9. The molecule has 0 heterocycles. The van der Waals surface area contributed by atoms with Gasteiger partial charge in [0.15, 0.2) is 5.96 Å². The van der Waals surface area contributed by atoms with E-state index in [4.69, 9.17) is 11.6 Å². The van der Waals surface area contributed by atoms with Crippen LogP contribution in [0.2, 0.25) is 5.02 Å². The summed E-state index contributed by atoms with van der Waals surface area (Å²) in [6.07, 6.45) is 3.64. The van der Waals surface area contributed by atoms with E-state index in [1.807, 2.05) is 19.2 Å². The first-order valence-corrected chi connectivity index (χ1v) is 8.39. The quantitative estimate of drug-likeness (QED) is 0.381. The number of rotatable bonds is 7. The van der Waals surface area contributed by atoms with Crippen LogP contribution in [0.1, 0.15) is 25.3 Å². The summed E-state index contributed by atoms with van der Waals surface area (Å²) in [4.78, 5) is 6.73. The number of aliphatic imine (C=N–C) groups is 1. The molecule has 2 rings (SSSR count). The minimum atomic E-state index is 0. The molecule has 0 saturated heterocycles. The van der Waals surface area contributed by atoms with Gasteiger partial charge in [-0.3, -0.25) is 9.89 Å². The van der Waals surface area contributed by atoms with E-state index in [0.29, 0.717) is 6.04 Å². The third-order valence-corrected chi connectivity index (χ3v) is 4.48. The second kappa shape index (κ2) is 10.4. The van der Waals surface area contributed by atoms with Crippen LogP contribution in [0.3, 0.4) is 0 Å². The fourth-order valence-corrected chi connectivity index (χ4v) is 2.55. The van der Waals surface area contributed by atoms with Crippen LogP contribution in [-0.4, -0.2) is 50.1 Å². The van der Waals surface area contributed by atoms with Crippen LogP contribution in [0.4, 0.5) is 0 Å². The van der Waals surface area contributed by atoms with E-state index < -0.39 is 0 Å². The molecule has 1 fully saturated rings. The normalized spacial score (nSPS) is 16.0. The zero-order valence-corrected chi connectivity index (χ0v) is 17.3. The SMILES string of the molecule is CN=C(NCCc1ccc(Cl)cc1)NCC(C)N(C)C1CC1.I. The van der Waals surface area contributed by atoms with E-state index in [1.54, 1.807) is 0 Å². The van der Waals surface area contributed by atoms with Crippen molar-refractivity contribution in [3.63, 3.8) is 0 Å². The van der Waals surface area contributed by atoms with Gasteiger partial charge in [0, 0.05) is 37.2 Å². The van der Waals surface area contributed by atoms with Gasteiger partial charge in [-0.2, -0.15) is 0 Å². The van der Waals surface area contributed by atoms with Gasteiger partial charge in [-0.1, -0.05) is 23.7 Å². The number of likely N-dealkylation sites (N-methyl/N-ethyl adjacent to an activating group) is 1. The van der Waals surface area contributed by atoms with Crippen molar-refractivity contribution in [3.05, 3.63) is 34.9 Å². The minimum absolute atomic E-state index is 0. The molecule has 1 aliphatic rings. The Kier molecular flexibility index (Phi) is 9.24. The van der Waals surface area contributed by atoms with Gasteiger partial charge in [-0.05, 0) is 50.9 Å². The first-order valence-electron chi connectivity index (χ1n) is 8.01. The topological polar surface area (TPSA) is 39.7 Å². The minimum Gasteiger partial charge on any atom is -0.356 e. The molecule has 1 saturated carbocycles. The molecule has 1 aromatic rings. The molecule has 1 aliphatic carbocycles. The Bertz CT molecular complexity index is 488. The fraction of sp³-hybridized carbons (Fsp3) is 0.588. The number of nitrogens with one attached hydrogen (secondary N) is 2. The Morgan fingerprint density at radius 3 is 2.52 bits per heavy atom. The lowest BCUT2D eigenvalue weighted by molar-refractivity contribution is 0.247. The molecule has 2 N–H and O–H groups in total. The van der Waals surface area contributed by atoms with Crippen molar-refractivity contribution in [3.8, 4) is 0 Å². The second-order valence-electron chi connectivity index (χ2n) is 6.00. The molecule has 0 radical (unpaired) electrons. The lowest BCUT2D eigenvalue weighted by Gasteiger charge is -2.25. The molecule has 0 spiro atoms. The van der Waals surface area contributed by atoms with Gasteiger partial charge in [0.05, 0.1) is 0 Å². The van der Waals surface area contributed by atoms with E-state index in [2.05, 4.69) is 46.6 Å². The number of nitrogens with zero attached hydrogens (tertiary/aromatic N) is 2. The number of benzene rings is 1. The lowest BCUT2D eigenvalue weighted by Crippen LogP contribution is -2.45. The summed E-state index contributed by atoms with van der Waals surface area (Å²) in [5.74, 6) is 0.866. The zero-order valence-electron chi connectivity index (χ0n) is 14.2. The summed E-state index contributed by atoms with van der Waals surface area (Å²) in [6.45, 7) is 4.02. The Hall–Kier alpha value is -0.530. The van der Waals surface area contributed by atoms with Crippen molar-refractivity contribution in [2.24, 2.45) is 4.99 Å². The highest BCUT2D eigenvalue weighted by Crippen LogP contribution is 2.26. The molecule has 1 atom stereocenters. The molecule has 6 heteroatoms. The summed E-state index contributed by atoms with van der Waals surface area (Å²) in [6, 6.07) is 9.29. The van der Waals surface area contributed by atoms with Gasteiger partial charge in [0.2, 0.25) is 0 Å². The fourth-order valence-electron chi connectivity index (χ4n) is 2.43. The highest BCUT2D eigenvalue weighted by atomic mass is 127. The van der Waals surface area contributed by atoms with Crippen molar-refractivity contribution >= 4 is 41.5 Å². The molecule has 0 aromatic heterocycles. The molecular formula is C17H28ClIN4. The van der Waals surface area contributed by atoms with Crippen LogP contribution >= 0.6 is 35.6 Å². The highest BCUT2D eigenvalue weighted by Gasteiger charge is 2.28. The molecule has 0 amide bonds. The third kappa shape index (κ3) is 7.27. The molecule has 0 bridgehead atoms. The number of hydrogen-bond acceptors (Lipinski definition) is 2.